The minimum Gasteiger partial charge on any atom is -0.384 e. The zero-order valence-electron chi connectivity index (χ0n) is 15.4. The third-order valence-electron chi connectivity index (χ3n) is 5.05. The zero-order valence-corrected chi connectivity index (χ0v) is 16.9. The smallest absolute Gasteiger partial charge is 0.235 e. The lowest BCUT2D eigenvalue weighted by atomic mass is 9.64. The average molecular weight is 406 g/mol. The van der Waals surface area contributed by atoms with Crippen LogP contribution in [0.5, 0.6) is 0 Å². The summed E-state index contributed by atoms with van der Waals surface area (Å²) in [6.45, 7) is 0.477. The van der Waals surface area contributed by atoms with Gasteiger partial charge < -0.3 is 10.1 Å². The van der Waals surface area contributed by atoms with E-state index >= 15 is 0 Å². The highest BCUT2D eigenvalue weighted by molar-refractivity contribution is 7.84. The minimum absolute atomic E-state index is 0.00586. The normalized spacial score (nSPS) is 16.4. The van der Waals surface area contributed by atoms with Crippen molar-refractivity contribution in [3.05, 3.63) is 64.7 Å². The highest BCUT2D eigenvalue weighted by Gasteiger charge is 2.45. The summed E-state index contributed by atoms with van der Waals surface area (Å²) in [6, 6.07) is 15.1. The second-order valence-corrected chi connectivity index (χ2v) is 8.89. The lowest BCUT2D eigenvalue weighted by Crippen LogP contribution is -2.46. The van der Waals surface area contributed by atoms with E-state index < -0.39 is 16.2 Å². The largest absolute Gasteiger partial charge is 0.384 e. The molecule has 1 unspecified atom stereocenters. The third kappa shape index (κ3) is 4.78. The van der Waals surface area contributed by atoms with Gasteiger partial charge in [0.2, 0.25) is 5.91 Å². The fourth-order valence-corrected chi connectivity index (χ4v) is 4.63. The Labute approximate surface area is 167 Å². The van der Waals surface area contributed by atoms with E-state index in [1.807, 2.05) is 48.5 Å². The molecule has 0 aromatic heterocycles. The summed E-state index contributed by atoms with van der Waals surface area (Å²) >= 11 is 6.13. The molecule has 3 rings (SSSR count). The van der Waals surface area contributed by atoms with E-state index in [0.29, 0.717) is 23.1 Å². The van der Waals surface area contributed by atoms with Crippen molar-refractivity contribution in [2.24, 2.45) is 0 Å². The molecule has 2 aromatic carbocycles. The fourth-order valence-electron chi connectivity index (χ4n) is 3.39. The topological polar surface area (TPSA) is 55.4 Å². The molecule has 0 radical (unpaired) electrons. The van der Waals surface area contributed by atoms with E-state index in [-0.39, 0.29) is 5.91 Å². The number of anilines is 1. The van der Waals surface area contributed by atoms with Crippen LogP contribution in [0.25, 0.3) is 0 Å². The van der Waals surface area contributed by atoms with Crippen molar-refractivity contribution < 1.29 is 13.7 Å². The van der Waals surface area contributed by atoms with Crippen LogP contribution < -0.4 is 5.32 Å². The standard InChI is InChI=1S/C21H24ClNO3S/c1-26-11-12-27(25)15-16-5-2-8-19(13-16)23-20(24)21(9-4-10-21)17-6-3-7-18(22)14-17/h2-3,5-8,13-14H,4,9-12,15H2,1H3,(H,23,24). The summed E-state index contributed by atoms with van der Waals surface area (Å²) in [7, 11) is 0.617. The van der Waals surface area contributed by atoms with Gasteiger partial charge in [-0.05, 0) is 48.2 Å². The van der Waals surface area contributed by atoms with E-state index in [1.54, 1.807) is 7.11 Å². The monoisotopic (exact) mass is 405 g/mol. The van der Waals surface area contributed by atoms with Gasteiger partial charge in [0, 0.05) is 40.1 Å². The number of carbonyl (C=O) groups excluding carboxylic acids is 1. The van der Waals surface area contributed by atoms with Crippen LogP contribution in [-0.4, -0.2) is 29.6 Å². The molecule has 2 aromatic rings. The maximum absolute atomic E-state index is 13.1. The Morgan fingerprint density at radius 3 is 2.67 bits per heavy atom. The van der Waals surface area contributed by atoms with Crippen LogP contribution in [0.4, 0.5) is 5.69 Å². The lowest BCUT2D eigenvalue weighted by Gasteiger charge is -2.40. The Morgan fingerprint density at radius 1 is 1.22 bits per heavy atom. The Bertz CT molecular complexity index is 836. The number of rotatable bonds is 8. The molecule has 6 heteroatoms. The van der Waals surface area contributed by atoms with Crippen LogP contribution in [0.2, 0.25) is 5.02 Å². The minimum atomic E-state index is -0.984. The van der Waals surface area contributed by atoms with Gasteiger partial charge in [0.25, 0.3) is 0 Å². The predicted octanol–water partition coefficient (Wildman–Crippen LogP) is 4.30. The Hall–Kier alpha value is -1.69. The molecule has 1 aliphatic rings. The van der Waals surface area contributed by atoms with Gasteiger partial charge in [-0.3, -0.25) is 9.00 Å². The molecule has 1 N–H and O–H groups in total. The molecule has 0 aliphatic heterocycles. The fraction of sp³-hybridized carbons (Fsp3) is 0.381. The van der Waals surface area contributed by atoms with Crippen molar-refractivity contribution in [1.82, 2.24) is 0 Å². The first kappa shape index (κ1) is 20.1. The van der Waals surface area contributed by atoms with Crippen molar-refractivity contribution in [2.75, 3.05) is 24.8 Å². The molecule has 0 bridgehead atoms. The first-order valence-electron chi connectivity index (χ1n) is 9.04. The highest BCUT2D eigenvalue weighted by Crippen LogP contribution is 2.45. The van der Waals surface area contributed by atoms with Crippen molar-refractivity contribution in [3.8, 4) is 0 Å². The van der Waals surface area contributed by atoms with Crippen LogP contribution >= 0.6 is 11.6 Å². The van der Waals surface area contributed by atoms with Crippen LogP contribution in [0, 0.1) is 0 Å². The van der Waals surface area contributed by atoms with Gasteiger partial charge in [0.15, 0.2) is 0 Å². The lowest BCUT2D eigenvalue weighted by molar-refractivity contribution is -0.124. The van der Waals surface area contributed by atoms with Gasteiger partial charge in [-0.2, -0.15) is 0 Å². The molecule has 1 fully saturated rings. The summed E-state index contributed by atoms with van der Waals surface area (Å²) < 4.78 is 17.0. The van der Waals surface area contributed by atoms with Gasteiger partial charge in [0.1, 0.15) is 0 Å². The number of benzene rings is 2. The van der Waals surface area contributed by atoms with Crippen molar-refractivity contribution in [3.63, 3.8) is 0 Å². The van der Waals surface area contributed by atoms with Crippen molar-refractivity contribution in [2.45, 2.75) is 30.4 Å². The number of methoxy groups -OCH3 is 1. The second-order valence-electron chi connectivity index (χ2n) is 6.88. The maximum atomic E-state index is 13.1. The quantitative estimate of drug-likeness (QED) is 0.712. The van der Waals surface area contributed by atoms with E-state index in [2.05, 4.69) is 5.32 Å². The number of carbonyl (C=O) groups is 1. The number of nitrogens with one attached hydrogen (secondary N) is 1. The molecule has 1 amide bonds. The molecule has 0 heterocycles. The summed E-state index contributed by atoms with van der Waals surface area (Å²) in [6.07, 6.45) is 2.66. The van der Waals surface area contributed by atoms with E-state index in [9.17, 15) is 9.00 Å². The number of hydrogen-bond donors (Lipinski definition) is 1. The maximum Gasteiger partial charge on any atom is 0.235 e. The van der Waals surface area contributed by atoms with Crippen molar-refractivity contribution in [1.29, 1.82) is 0 Å². The summed E-state index contributed by atoms with van der Waals surface area (Å²) in [5, 5.41) is 3.70. The Kier molecular flexibility index (Phi) is 6.68. The highest BCUT2D eigenvalue weighted by atomic mass is 35.5. The number of hydrogen-bond acceptors (Lipinski definition) is 3. The van der Waals surface area contributed by atoms with Gasteiger partial charge in [-0.1, -0.05) is 42.3 Å². The van der Waals surface area contributed by atoms with E-state index in [4.69, 9.17) is 16.3 Å². The molecule has 27 heavy (non-hydrogen) atoms. The van der Waals surface area contributed by atoms with Gasteiger partial charge >= 0.3 is 0 Å². The molecule has 0 spiro atoms. The van der Waals surface area contributed by atoms with Crippen LogP contribution in [0.3, 0.4) is 0 Å². The molecule has 1 saturated carbocycles. The van der Waals surface area contributed by atoms with Gasteiger partial charge in [0.05, 0.1) is 12.0 Å². The summed E-state index contributed by atoms with van der Waals surface area (Å²) in [4.78, 5) is 13.1. The second kappa shape index (κ2) is 9.00. The molecule has 4 nitrogen and oxygen atoms in total. The third-order valence-corrected chi connectivity index (χ3v) is 6.56. The Balaban J connectivity index is 1.72. The summed E-state index contributed by atoms with van der Waals surface area (Å²) in [5.74, 6) is 0.950. The average Bonchev–Trinajstić information content (AvgIpc) is 2.59. The van der Waals surface area contributed by atoms with Crippen LogP contribution in [0.1, 0.15) is 30.4 Å². The van der Waals surface area contributed by atoms with Crippen LogP contribution in [0.15, 0.2) is 48.5 Å². The molecule has 144 valence electrons. The summed E-state index contributed by atoms with van der Waals surface area (Å²) in [5.41, 5.74) is 2.13. The van der Waals surface area contributed by atoms with E-state index in [1.165, 1.54) is 0 Å². The van der Waals surface area contributed by atoms with Gasteiger partial charge in [-0.15, -0.1) is 0 Å². The SMILES string of the molecule is COCCS(=O)Cc1cccc(NC(=O)C2(c3cccc(Cl)c3)CCC2)c1. The Morgan fingerprint density at radius 2 is 2.00 bits per heavy atom. The molecule has 1 aliphatic carbocycles. The first-order valence-corrected chi connectivity index (χ1v) is 10.9. The van der Waals surface area contributed by atoms with Crippen LogP contribution in [-0.2, 0) is 31.5 Å². The molecular weight excluding hydrogens is 382 g/mol. The first-order chi connectivity index (χ1) is 13.0. The molecule has 0 saturated heterocycles. The predicted molar refractivity (Wildman–Crippen MR) is 111 cm³/mol. The number of ether oxygens (including phenoxy) is 1. The van der Waals surface area contributed by atoms with Gasteiger partial charge in [-0.25, -0.2) is 0 Å². The number of amides is 1. The zero-order chi connectivity index (χ0) is 19.3. The van der Waals surface area contributed by atoms with Crippen molar-refractivity contribution >= 4 is 34.0 Å². The molecule has 1 atom stereocenters. The molecular formula is C21H24ClNO3S. The number of halogens is 1. The van der Waals surface area contributed by atoms with E-state index in [0.717, 1.165) is 36.1 Å².